The van der Waals surface area contributed by atoms with E-state index in [-0.39, 0.29) is 13.1 Å². The Hall–Kier alpha value is -1.73. The molecule has 0 unspecified atom stereocenters. The van der Waals surface area contributed by atoms with Crippen LogP contribution in [-0.2, 0) is 4.79 Å². The van der Waals surface area contributed by atoms with Gasteiger partial charge in [-0.15, -0.1) is 0 Å². The molecule has 0 saturated heterocycles. The number of halogens is 1. The molecule has 0 atom stereocenters. The number of hydrogen-bond donors (Lipinski definition) is 2. The minimum Gasteiger partial charge on any atom is -0.348 e. The lowest BCUT2D eigenvalue weighted by atomic mass is 10.1. The van der Waals surface area contributed by atoms with Gasteiger partial charge in [0.1, 0.15) is 6.54 Å². The third kappa shape index (κ3) is 3.14. The summed E-state index contributed by atoms with van der Waals surface area (Å²) >= 11 is 3.26. The van der Waals surface area contributed by atoms with Crippen molar-refractivity contribution in [3.8, 4) is 0 Å². The number of rotatable bonds is 4. The second-order valence-corrected chi connectivity index (χ2v) is 6.44. The number of nitrogens with zero attached hydrogens (tertiary/aromatic N) is 1. The normalized spacial score (nSPS) is 14.4. The molecule has 7 heteroatoms. The highest BCUT2D eigenvalue weighted by molar-refractivity contribution is 9.10. The number of nitrogens with two attached hydrogens (primary N) is 1. The smallest absolute Gasteiger partial charge is 0.262 e. The fourth-order valence-electron chi connectivity index (χ4n) is 2.02. The molecule has 21 heavy (non-hydrogen) atoms. The Morgan fingerprint density at radius 1 is 1.29 bits per heavy atom. The first kappa shape index (κ1) is 15.7. The fraction of sp³-hybridized carbons (Fsp3) is 0.357. The molecule has 2 rings (SSSR count). The first-order valence-corrected chi connectivity index (χ1v) is 7.21. The second-order valence-electron chi connectivity index (χ2n) is 5.52. The van der Waals surface area contributed by atoms with Crippen molar-refractivity contribution >= 4 is 33.7 Å². The molecule has 0 radical (unpaired) electrons. The Kier molecular flexibility index (Phi) is 4.15. The van der Waals surface area contributed by atoms with Crippen LogP contribution in [0, 0.1) is 0 Å². The molecule has 1 aliphatic heterocycles. The molecule has 1 aliphatic rings. The van der Waals surface area contributed by atoms with Crippen LogP contribution in [-0.4, -0.2) is 41.2 Å². The number of hydrogen-bond acceptors (Lipinski definition) is 4. The Morgan fingerprint density at radius 2 is 1.90 bits per heavy atom. The van der Waals surface area contributed by atoms with Gasteiger partial charge in [-0.3, -0.25) is 19.3 Å². The van der Waals surface area contributed by atoms with Crippen molar-refractivity contribution in [2.75, 3.05) is 13.1 Å². The summed E-state index contributed by atoms with van der Waals surface area (Å²) in [6, 6.07) is 4.84. The standard InChI is InChI=1S/C14H16BrN3O3/c1-14(2,7-16)17-11(19)6-18-12(20)9-4-3-8(15)5-10(9)13(18)21/h3-5H,6-7,16H2,1-2H3,(H,17,19). The molecule has 3 amide bonds. The van der Waals surface area contributed by atoms with E-state index in [2.05, 4.69) is 21.2 Å². The van der Waals surface area contributed by atoms with Crippen molar-refractivity contribution in [2.24, 2.45) is 5.73 Å². The van der Waals surface area contributed by atoms with Crippen LogP contribution in [0.2, 0.25) is 0 Å². The maximum absolute atomic E-state index is 12.2. The highest BCUT2D eigenvalue weighted by Crippen LogP contribution is 2.25. The quantitative estimate of drug-likeness (QED) is 0.786. The maximum atomic E-state index is 12.2. The summed E-state index contributed by atoms with van der Waals surface area (Å²) in [4.78, 5) is 37.3. The lowest BCUT2D eigenvalue weighted by Crippen LogP contribution is -2.52. The molecule has 1 heterocycles. The monoisotopic (exact) mass is 353 g/mol. The third-order valence-electron chi connectivity index (χ3n) is 3.22. The van der Waals surface area contributed by atoms with Gasteiger partial charge < -0.3 is 11.1 Å². The van der Waals surface area contributed by atoms with Gasteiger partial charge in [-0.25, -0.2) is 0 Å². The molecule has 0 spiro atoms. The lowest BCUT2D eigenvalue weighted by Gasteiger charge is -2.25. The molecule has 112 valence electrons. The average molecular weight is 354 g/mol. The van der Waals surface area contributed by atoms with Gasteiger partial charge in [0, 0.05) is 16.6 Å². The minimum atomic E-state index is -0.585. The summed E-state index contributed by atoms with van der Waals surface area (Å²) < 4.78 is 0.706. The molecular formula is C14H16BrN3O3. The molecule has 0 fully saturated rings. The van der Waals surface area contributed by atoms with Crippen LogP contribution in [0.15, 0.2) is 22.7 Å². The van der Waals surface area contributed by atoms with E-state index in [4.69, 9.17) is 5.73 Å². The van der Waals surface area contributed by atoms with Crippen LogP contribution in [0.3, 0.4) is 0 Å². The number of amides is 3. The van der Waals surface area contributed by atoms with Gasteiger partial charge in [-0.2, -0.15) is 0 Å². The molecule has 0 aromatic heterocycles. The third-order valence-corrected chi connectivity index (χ3v) is 3.72. The summed E-state index contributed by atoms with van der Waals surface area (Å²) in [5, 5.41) is 2.69. The van der Waals surface area contributed by atoms with E-state index >= 15 is 0 Å². The van der Waals surface area contributed by atoms with Crippen molar-refractivity contribution in [2.45, 2.75) is 19.4 Å². The van der Waals surface area contributed by atoms with E-state index in [0.717, 1.165) is 4.90 Å². The number of fused-ring (bicyclic) bond motifs is 1. The average Bonchev–Trinajstić information content (AvgIpc) is 2.63. The Labute approximate surface area is 130 Å². The lowest BCUT2D eigenvalue weighted by molar-refractivity contribution is -0.122. The van der Waals surface area contributed by atoms with Gasteiger partial charge in [0.2, 0.25) is 5.91 Å². The Bertz CT molecular complexity index is 628. The minimum absolute atomic E-state index is 0.258. The van der Waals surface area contributed by atoms with Gasteiger partial charge in [0.25, 0.3) is 11.8 Å². The highest BCUT2D eigenvalue weighted by Gasteiger charge is 2.37. The number of benzene rings is 1. The molecule has 0 saturated carbocycles. The van der Waals surface area contributed by atoms with E-state index in [1.807, 2.05) is 0 Å². The van der Waals surface area contributed by atoms with E-state index in [1.165, 1.54) is 0 Å². The zero-order chi connectivity index (χ0) is 15.8. The van der Waals surface area contributed by atoms with Crippen molar-refractivity contribution in [3.63, 3.8) is 0 Å². The summed E-state index contributed by atoms with van der Waals surface area (Å²) in [5.41, 5.74) is 5.57. The van der Waals surface area contributed by atoms with Crippen molar-refractivity contribution < 1.29 is 14.4 Å². The predicted molar refractivity (Wildman–Crippen MR) is 80.8 cm³/mol. The van der Waals surface area contributed by atoms with E-state index < -0.39 is 23.3 Å². The van der Waals surface area contributed by atoms with E-state index in [1.54, 1.807) is 32.0 Å². The molecule has 6 nitrogen and oxygen atoms in total. The van der Waals surface area contributed by atoms with Crippen molar-refractivity contribution in [1.82, 2.24) is 10.2 Å². The zero-order valence-electron chi connectivity index (χ0n) is 11.8. The Morgan fingerprint density at radius 3 is 2.52 bits per heavy atom. The SMILES string of the molecule is CC(C)(CN)NC(=O)CN1C(=O)c2ccc(Br)cc2C1=O. The molecular weight excluding hydrogens is 338 g/mol. The first-order chi connectivity index (χ1) is 9.75. The molecule has 0 aliphatic carbocycles. The molecule has 0 bridgehead atoms. The summed E-state index contributed by atoms with van der Waals surface area (Å²) in [7, 11) is 0. The maximum Gasteiger partial charge on any atom is 0.262 e. The van der Waals surface area contributed by atoms with Crippen LogP contribution < -0.4 is 11.1 Å². The highest BCUT2D eigenvalue weighted by atomic mass is 79.9. The van der Waals surface area contributed by atoms with E-state index in [9.17, 15) is 14.4 Å². The summed E-state index contributed by atoms with van der Waals surface area (Å²) in [6.07, 6.45) is 0. The second kappa shape index (κ2) is 5.57. The van der Waals surface area contributed by atoms with Crippen LogP contribution in [0.1, 0.15) is 34.6 Å². The molecule has 1 aromatic carbocycles. The van der Waals surface area contributed by atoms with Gasteiger partial charge in [0.15, 0.2) is 0 Å². The number of nitrogens with one attached hydrogen (secondary N) is 1. The van der Waals surface area contributed by atoms with Crippen LogP contribution in [0.25, 0.3) is 0 Å². The van der Waals surface area contributed by atoms with Gasteiger partial charge in [-0.1, -0.05) is 15.9 Å². The van der Waals surface area contributed by atoms with Crippen LogP contribution >= 0.6 is 15.9 Å². The van der Waals surface area contributed by atoms with Crippen molar-refractivity contribution in [1.29, 1.82) is 0 Å². The zero-order valence-corrected chi connectivity index (χ0v) is 13.4. The topological polar surface area (TPSA) is 92.5 Å². The number of imide groups is 1. The van der Waals surface area contributed by atoms with Gasteiger partial charge in [-0.05, 0) is 32.0 Å². The van der Waals surface area contributed by atoms with Crippen molar-refractivity contribution in [3.05, 3.63) is 33.8 Å². The Balaban J connectivity index is 2.15. The first-order valence-electron chi connectivity index (χ1n) is 6.42. The molecule has 1 aromatic rings. The van der Waals surface area contributed by atoms with Crippen LogP contribution in [0.5, 0.6) is 0 Å². The van der Waals surface area contributed by atoms with Gasteiger partial charge >= 0.3 is 0 Å². The largest absolute Gasteiger partial charge is 0.348 e. The number of carbonyl (C=O) groups is 3. The van der Waals surface area contributed by atoms with Gasteiger partial charge in [0.05, 0.1) is 11.1 Å². The fourth-order valence-corrected chi connectivity index (χ4v) is 2.38. The summed E-state index contributed by atoms with van der Waals surface area (Å²) in [5.74, 6) is -1.33. The predicted octanol–water partition coefficient (Wildman–Crippen LogP) is 0.899. The summed E-state index contributed by atoms with van der Waals surface area (Å²) in [6.45, 7) is 3.48. The van der Waals surface area contributed by atoms with E-state index in [0.29, 0.717) is 15.6 Å². The molecule has 3 N–H and O–H groups in total. The van der Waals surface area contributed by atoms with Crippen LogP contribution in [0.4, 0.5) is 0 Å². The number of carbonyl (C=O) groups excluding carboxylic acids is 3.